The predicted octanol–water partition coefficient (Wildman–Crippen LogP) is 2.00. The van der Waals surface area contributed by atoms with Crippen molar-refractivity contribution in [2.75, 3.05) is 36.8 Å². The number of nitrogens with two attached hydrogens (primary N) is 1. The lowest BCUT2D eigenvalue weighted by molar-refractivity contribution is 0.382. The predicted molar refractivity (Wildman–Crippen MR) is 122 cm³/mol. The van der Waals surface area contributed by atoms with Gasteiger partial charge in [0.2, 0.25) is 16.0 Å². The van der Waals surface area contributed by atoms with Crippen LogP contribution in [0.15, 0.2) is 11.1 Å². The van der Waals surface area contributed by atoms with Gasteiger partial charge in [-0.05, 0) is 62.4 Å². The number of aromatic nitrogens is 4. The molecule has 1 aliphatic rings. The molecular weight excluding hydrogens is 414 g/mol. The van der Waals surface area contributed by atoms with E-state index in [-0.39, 0.29) is 0 Å². The summed E-state index contributed by atoms with van der Waals surface area (Å²) < 4.78 is 30.4. The van der Waals surface area contributed by atoms with Crippen LogP contribution >= 0.6 is 0 Å². The van der Waals surface area contributed by atoms with Crippen molar-refractivity contribution in [3.05, 3.63) is 34.0 Å². The Balaban J connectivity index is 1.62. The second kappa shape index (κ2) is 7.45. The molecule has 0 amide bonds. The highest BCUT2D eigenvalue weighted by molar-refractivity contribution is 7.89. The molecule has 1 aliphatic heterocycles. The molecule has 0 spiro atoms. The van der Waals surface area contributed by atoms with Gasteiger partial charge in [0.15, 0.2) is 5.65 Å². The van der Waals surface area contributed by atoms with Crippen molar-refractivity contribution in [3.63, 3.8) is 0 Å². The fourth-order valence-electron chi connectivity index (χ4n) is 4.28. The van der Waals surface area contributed by atoms with Crippen LogP contribution in [0.25, 0.3) is 11.0 Å². The second-order valence-electron chi connectivity index (χ2n) is 8.26. The van der Waals surface area contributed by atoms with Gasteiger partial charge in [0, 0.05) is 33.2 Å². The van der Waals surface area contributed by atoms with Gasteiger partial charge in [-0.3, -0.25) is 4.68 Å². The monoisotopic (exact) mass is 443 g/mol. The first-order valence-corrected chi connectivity index (χ1v) is 11.7. The summed E-state index contributed by atoms with van der Waals surface area (Å²) in [5.74, 6) is 0.875. The van der Waals surface area contributed by atoms with Crippen LogP contribution in [-0.4, -0.2) is 58.7 Å². The number of sulfonamides is 1. The number of nitrogens with zero attached hydrogens (tertiary/aromatic N) is 6. The summed E-state index contributed by atoms with van der Waals surface area (Å²) >= 11 is 0. The highest BCUT2D eigenvalue weighted by atomic mass is 32.2. The molecule has 2 N–H and O–H groups in total. The molecule has 1 fully saturated rings. The maximum Gasteiger partial charge on any atom is 0.243 e. The normalized spacial score (nSPS) is 15.7. The number of hydrogen-bond donors (Lipinski definition) is 1. The maximum absolute atomic E-state index is 13.6. The van der Waals surface area contributed by atoms with E-state index in [0.29, 0.717) is 53.9 Å². The number of nitrogen functional groups attached to an aromatic ring is 1. The Morgan fingerprint density at radius 1 is 0.871 bits per heavy atom. The number of aryl methyl sites for hydroxylation is 1. The first-order valence-electron chi connectivity index (χ1n) is 10.3. The fraction of sp³-hybridized carbons (Fsp3) is 0.476. The van der Waals surface area contributed by atoms with Crippen LogP contribution in [0.5, 0.6) is 0 Å². The van der Waals surface area contributed by atoms with Crippen LogP contribution in [-0.2, 0) is 17.1 Å². The average molecular weight is 444 g/mol. The standard InChI is InChI=1S/C21H29N7O2S/c1-12-13(2)15(4)18(16(5)14(12)3)31(29,30)28-9-7-27(8-10-28)21-24-19(22)17-11-23-26(6)20(17)25-21/h11H,7-10H2,1-6H3,(H2,22,24,25). The van der Waals surface area contributed by atoms with Gasteiger partial charge in [-0.1, -0.05) is 0 Å². The minimum Gasteiger partial charge on any atom is -0.383 e. The Labute approximate surface area is 182 Å². The number of rotatable bonds is 3. The molecular formula is C21H29N7O2S. The number of piperazine rings is 1. The van der Waals surface area contributed by atoms with Gasteiger partial charge in [-0.2, -0.15) is 19.4 Å². The van der Waals surface area contributed by atoms with E-state index in [0.717, 1.165) is 27.8 Å². The Bertz CT molecular complexity index is 1260. The Morgan fingerprint density at radius 3 is 2.00 bits per heavy atom. The van der Waals surface area contributed by atoms with E-state index in [9.17, 15) is 8.42 Å². The van der Waals surface area contributed by atoms with Crippen LogP contribution in [0.2, 0.25) is 0 Å². The van der Waals surface area contributed by atoms with Crippen molar-refractivity contribution < 1.29 is 8.42 Å². The summed E-state index contributed by atoms with van der Waals surface area (Å²) in [5, 5.41) is 4.90. The van der Waals surface area contributed by atoms with Gasteiger partial charge in [0.1, 0.15) is 5.82 Å². The fourth-order valence-corrected chi connectivity index (χ4v) is 6.27. The quantitative estimate of drug-likeness (QED) is 0.659. The summed E-state index contributed by atoms with van der Waals surface area (Å²) in [5.41, 5.74) is 11.6. The van der Waals surface area contributed by atoms with E-state index in [1.807, 2.05) is 39.5 Å². The molecule has 0 atom stereocenters. The van der Waals surface area contributed by atoms with Crippen molar-refractivity contribution in [3.8, 4) is 0 Å². The van der Waals surface area contributed by atoms with E-state index < -0.39 is 10.0 Å². The van der Waals surface area contributed by atoms with E-state index in [4.69, 9.17) is 5.73 Å². The maximum atomic E-state index is 13.6. The average Bonchev–Trinajstić information content (AvgIpc) is 3.12. The summed E-state index contributed by atoms with van der Waals surface area (Å²) in [6, 6.07) is 0. The van der Waals surface area contributed by atoms with E-state index in [1.54, 1.807) is 22.2 Å². The molecule has 0 saturated carbocycles. The van der Waals surface area contributed by atoms with Gasteiger partial charge in [-0.25, -0.2) is 8.42 Å². The molecule has 1 saturated heterocycles. The van der Waals surface area contributed by atoms with Gasteiger partial charge in [0.25, 0.3) is 0 Å². The third-order valence-corrected chi connectivity index (χ3v) is 8.83. The number of hydrogen-bond acceptors (Lipinski definition) is 7. The minimum atomic E-state index is -3.60. The molecule has 166 valence electrons. The molecule has 10 heteroatoms. The summed E-state index contributed by atoms with van der Waals surface area (Å²) in [7, 11) is -1.80. The molecule has 31 heavy (non-hydrogen) atoms. The van der Waals surface area contributed by atoms with Crippen molar-refractivity contribution >= 4 is 32.8 Å². The second-order valence-corrected chi connectivity index (χ2v) is 10.1. The lowest BCUT2D eigenvalue weighted by atomic mass is 9.95. The van der Waals surface area contributed by atoms with E-state index in [1.165, 1.54) is 0 Å². The number of benzene rings is 1. The topological polar surface area (TPSA) is 110 Å². The molecule has 0 aliphatic carbocycles. The van der Waals surface area contributed by atoms with Crippen molar-refractivity contribution in [1.29, 1.82) is 0 Å². The molecule has 0 unspecified atom stereocenters. The zero-order chi connectivity index (χ0) is 22.7. The van der Waals surface area contributed by atoms with Crippen molar-refractivity contribution in [2.45, 2.75) is 39.5 Å². The van der Waals surface area contributed by atoms with Crippen LogP contribution in [0, 0.1) is 34.6 Å². The first kappa shape index (κ1) is 21.5. The van der Waals surface area contributed by atoms with E-state index in [2.05, 4.69) is 15.1 Å². The summed E-state index contributed by atoms with van der Waals surface area (Å²) in [6.07, 6.45) is 1.65. The van der Waals surface area contributed by atoms with Gasteiger partial charge in [0.05, 0.1) is 16.5 Å². The summed E-state index contributed by atoms with van der Waals surface area (Å²) in [4.78, 5) is 11.4. The van der Waals surface area contributed by atoms with Crippen LogP contribution < -0.4 is 10.6 Å². The molecule has 2 aromatic heterocycles. The largest absolute Gasteiger partial charge is 0.383 e. The summed E-state index contributed by atoms with van der Waals surface area (Å²) in [6.45, 7) is 11.5. The van der Waals surface area contributed by atoms with Crippen molar-refractivity contribution in [2.24, 2.45) is 7.05 Å². The van der Waals surface area contributed by atoms with Crippen LogP contribution in [0.3, 0.4) is 0 Å². The highest BCUT2D eigenvalue weighted by Crippen LogP contribution is 2.32. The zero-order valence-electron chi connectivity index (χ0n) is 18.9. The molecule has 3 aromatic rings. The molecule has 0 radical (unpaired) electrons. The SMILES string of the molecule is Cc1c(C)c(C)c(S(=O)(=O)N2CCN(c3nc(N)c4cnn(C)c4n3)CC2)c(C)c1C. The van der Waals surface area contributed by atoms with Gasteiger partial charge >= 0.3 is 0 Å². The Morgan fingerprint density at radius 2 is 1.42 bits per heavy atom. The number of anilines is 2. The highest BCUT2D eigenvalue weighted by Gasteiger charge is 2.33. The van der Waals surface area contributed by atoms with Crippen LogP contribution in [0.4, 0.5) is 11.8 Å². The van der Waals surface area contributed by atoms with Crippen LogP contribution in [0.1, 0.15) is 27.8 Å². The third-order valence-electron chi connectivity index (χ3n) is 6.66. The van der Waals surface area contributed by atoms with Crippen molar-refractivity contribution in [1.82, 2.24) is 24.1 Å². The number of fused-ring (bicyclic) bond motifs is 1. The Hall–Kier alpha value is -2.72. The molecule has 4 rings (SSSR count). The van der Waals surface area contributed by atoms with E-state index >= 15 is 0 Å². The molecule has 9 nitrogen and oxygen atoms in total. The molecule has 0 bridgehead atoms. The lowest BCUT2D eigenvalue weighted by Gasteiger charge is -2.35. The van der Waals surface area contributed by atoms with Gasteiger partial charge in [-0.15, -0.1) is 0 Å². The minimum absolute atomic E-state index is 0.361. The smallest absolute Gasteiger partial charge is 0.243 e. The lowest BCUT2D eigenvalue weighted by Crippen LogP contribution is -2.49. The molecule has 1 aromatic carbocycles. The Kier molecular flexibility index (Phi) is 5.17. The first-order chi connectivity index (χ1) is 14.5. The van der Waals surface area contributed by atoms with Gasteiger partial charge < -0.3 is 10.6 Å². The zero-order valence-corrected chi connectivity index (χ0v) is 19.7. The molecule has 3 heterocycles. The third kappa shape index (κ3) is 3.34.